The second-order valence-corrected chi connectivity index (χ2v) is 5.02. The maximum absolute atomic E-state index is 12.3. The fourth-order valence-electron chi connectivity index (χ4n) is 2.41. The monoisotopic (exact) mass is 261 g/mol. The van der Waals surface area contributed by atoms with E-state index in [2.05, 4.69) is 10.6 Å². The van der Waals surface area contributed by atoms with Gasteiger partial charge in [0.1, 0.15) is 6.04 Å². The molecule has 1 atom stereocenters. The van der Waals surface area contributed by atoms with Gasteiger partial charge >= 0.3 is 6.03 Å². The molecular weight excluding hydrogens is 242 g/mol. The predicted octanol–water partition coefficient (Wildman–Crippen LogP) is 1.80. The van der Waals surface area contributed by atoms with Crippen LogP contribution in [0.25, 0.3) is 0 Å². The summed E-state index contributed by atoms with van der Waals surface area (Å²) in [6, 6.07) is 6.87. The average molecular weight is 261 g/mol. The van der Waals surface area contributed by atoms with Crippen molar-refractivity contribution in [3.63, 3.8) is 0 Å². The smallest absolute Gasteiger partial charge is 0.318 e. The number of urea groups is 1. The number of nitrogens with zero attached hydrogens (tertiary/aromatic N) is 1. The van der Waals surface area contributed by atoms with Crippen molar-refractivity contribution >= 4 is 17.6 Å². The molecule has 1 aliphatic heterocycles. The lowest BCUT2D eigenvalue weighted by Gasteiger charge is -2.30. The molecule has 1 heterocycles. The predicted molar refractivity (Wildman–Crippen MR) is 73.7 cm³/mol. The highest BCUT2D eigenvalue weighted by Gasteiger charge is 2.35. The highest BCUT2D eigenvalue weighted by atomic mass is 16.2. The summed E-state index contributed by atoms with van der Waals surface area (Å²) in [5.41, 5.74) is 1.73. The number of nitrogens with one attached hydrogen (secondary N) is 2. The van der Waals surface area contributed by atoms with Gasteiger partial charge in [0.25, 0.3) is 0 Å². The van der Waals surface area contributed by atoms with E-state index in [4.69, 9.17) is 0 Å². The van der Waals surface area contributed by atoms with Crippen LogP contribution in [0.3, 0.4) is 0 Å². The highest BCUT2D eigenvalue weighted by Crippen LogP contribution is 2.25. The zero-order chi connectivity index (χ0) is 14.0. The van der Waals surface area contributed by atoms with Crippen molar-refractivity contribution in [1.82, 2.24) is 10.2 Å². The third-order valence-corrected chi connectivity index (χ3v) is 3.33. The van der Waals surface area contributed by atoms with Crippen LogP contribution >= 0.6 is 0 Å². The van der Waals surface area contributed by atoms with Gasteiger partial charge in [0.15, 0.2) is 0 Å². The van der Waals surface area contributed by atoms with Crippen molar-refractivity contribution in [2.24, 2.45) is 5.92 Å². The number of carbonyl (C=O) groups excluding carboxylic acids is 2. The minimum Gasteiger partial charge on any atom is -0.341 e. The molecule has 0 radical (unpaired) electrons. The SMILES string of the molecule is CNC(=O)N1Cc2ccccc2NC(=O)C1C(C)C. The van der Waals surface area contributed by atoms with Gasteiger partial charge in [-0.25, -0.2) is 4.79 Å². The fourth-order valence-corrected chi connectivity index (χ4v) is 2.41. The number of fused-ring (bicyclic) bond motifs is 1. The quantitative estimate of drug-likeness (QED) is 0.810. The van der Waals surface area contributed by atoms with Gasteiger partial charge in [-0.3, -0.25) is 4.79 Å². The van der Waals surface area contributed by atoms with Crippen LogP contribution in [0.15, 0.2) is 24.3 Å². The number of amides is 3. The van der Waals surface area contributed by atoms with E-state index < -0.39 is 6.04 Å². The van der Waals surface area contributed by atoms with Crippen LogP contribution in [0, 0.1) is 5.92 Å². The Bertz CT molecular complexity index is 499. The van der Waals surface area contributed by atoms with Crippen molar-refractivity contribution < 1.29 is 9.59 Å². The minimum absolute atomic E-state index is 0.0478. The maximum atomic E-state index is 12.3. The first-order valence-electron chi connectivity index (χ1n) is 6.41. The largest absolute Gasteiger partial charge is 0.341 e. The molecule has 102 valence electrons. The molecule has 0 bridgehead atoms. The maximum Gasteiger partial charge on any atom is 0.318 e. The van der Waals surface area contributed by atoms with Gasteiger partial charge in [-0.1, -0.05) is 32.0 Å². The first-order chi connectivity index (χ1) is 9.04. The third kappa shape index (κ3) is 2.54. The third-order valence-electron chi connectivity index (χ3n) is 3.33. The Morgan fingerprint density at radius 1 is 1.42 bits per heavy atom. The van der Waals surface area contributed by atoms with Gasteiger partial charge in [0, 0.05) is 12.7 Å². The van der Waals surface area contributed by atoms with Gasteiger partial charge in [-0.15, -0.1) is 0 Å². The average Bonchev–Trinajstić information content (AvgIpc) is 2.53. The Morgan fingerprint density at radius 3 is 2.74 bits per heavy atom. The number of anilines is 1. The number of benzene rings is 1. The van der Waals surface area contributed by atoms with E-state index in [9.17, 15) is 9.59 Å². The summed E-state index contributed by atoms with van der Waals surface area (Å²) in [6.45, 7) is 4.31. The molecule has 0 saturated carbocycles. The summed E-state index contributed by atoms with van der Waals surface area (Å²) >= 11 is 0. The first kappa shape index (κ1) is 13.4. The van der Waals surface area contributed by atoms with Crippen LogP contribution in [-0.4, -0.2) is 29.9 Å². The molecule has 1 aliphatic rings. The summed E-state index contributed by atoms with van der Waals surface area (Å²) in [5.74, 6) is -0.0878. The molecule has 0 saturated heterocycles. The summed E-state index contributed by atoms with van der Waals surface area (Å²) in [5, 5.41) is 5.51. The molecule has 0 fully saturated rings. The van der Waals surface area contributed by atoms with Gasteiger partial charge in [-0.05, 0) is 17.5 Å². The normalized spacial score (nSPS) is 18.6. The Kier molecular flexibility index (Phi) is 3.74. The molecule has 19 heavy (non-hydrogen) atoms. The van der Waals surface area contributed by atoms with E-state index in [1.165, 1.54) is 0 Å². The Hall–Kier alpha value is -2.04. The first-order valence-corrected chi connectivity index (χ1v) is 6.41. The number of hydrogen-bond acceptors (Lipinski definition) is 2. The van der Waals surface area contributed by atoms with E-state index >= 15 is 0 Å². The minimum atomic E-state index is -0.465. The van der Waals surface area contributed by atoms with E-state index in [0.717, 1.165) is 11.3 Å². The van der Waals surface area contributed by atoms with E-state index in [0.29, 0.717) is 6.54 Å². The van der Waals surface area contributed by atoms with Gasteiger partial charge in [-0.2, -0.15) is 0 Å². The second-order valence-electron chi connectivity index (χ2n) is 5.02. The summed E-state index contributed by atoms with van der Waals surface area (Å²) in [7, 11) is 1.58. The molecule has 5 heteroatoms. The molecule has 0 spiro atoms. The fraction of sp³-hybridized carbons (Fsp3) is 0.429. The van der Waals surface area contributed by atoms with Gasteiger partial charge in [0.05, 0.1) is 6.54 Å². The van der Waals surface area contributed by atoms with E-state index in [1.807, 2.05) is 38.1 Å². The van der Waals surface area contributed by atoms with Crippen LogP contribution in [0.2, 0.25) is 0 Å². The molecule has 1 aromatic rings. The molecule has 0 aromatic heterocycles. The lowest BCUT2D eigenvalue weighted by Crippen LogP contribution is -2.51. The van der Waals surface area contributed by atoms with E-state index in [1.54, 1.807) is 11.9 Å². The van der Waals surface area contributed by atoms with Crippen molar-refractivity contribution in [3.05, 3.63) is 29.8 Å². The number of rotatable bonds is 1. The Labute approximate surface area is 113 Å². The lowest BCUT2D eigenvalue weighted by molar-refractivity contribution is -0.121. The van der Waals surface area contributed by atoms with Gasteiger partial charge < -0.3 is 15.5 Å². The molecule has 1 aromatic carbocycles. The van der Waals surface area contributed by atoms with Crippen molar-refractivity contribution in [3.8, 4) is 0 Å². The molecular formula is C14H19N3O2. The summed E-state index contributed by atoms with van der Waals surface area (Å²) in [4.78, 5) is 25.9. The second kappa shape index (κ2) is 5.30. The topological polar surface area (TPSA) is 61.4 Å². The van der Waals surface area contributed by atoms with Crippen LogP contribution in [0.5, 0.6) is 0 Å². The molecule has 1 unspecified atom stereocenters. The highest BCUT2D eigenvalue weighted by molar-refractivity contribution is 5.98. The number of para-hydroxylation sites is 1. The van der Waals surface area contributed by atoms with Gasteiger partial charge in [0.2, 0.25) is 5.91 Å². The lowest BCUT2D eigenvalue weighted by atomic mass is 10.0. The Balaban J connectivity index is 2.43. The van der Waals surface area contributed by atoms with Crippen LogP contribution < -0.4 is 10.6 Å². The van der Waals surface area contributed by atoms with Crippen molar-refractivity contribution in [2.75, 3.05) is 12.4 Å². The standard InChI is InChI=1S/C14H19N3O2/c1-9(2)12-13(18)16-11-7-5-4-6-10(11)8-17(12)14(19)15-3/h4-7,9,12H,8H2,1-3H3,(H,15,19)(H,16,18). The van der Waals surface area contributed by atoms with Crippen LogP contribution in [-0.2, 0) is 11.3 Å². The Morgan fingerprint density at radius 2 is 2.11 bits per heavy atom. The summed E-state index contributed by atoms with van der Waals surface area (Å²) < 4.78 is 0. The molecule has 5 nitrogen and oxygen atoms in total. The summed E-state index contributed by atoms with van der Waals surface area (Å²) in [6.07, 6.45) is 0. The van der Waals surface area contributed by atoms with Crippen LogP contribution in [0.1, 0.15) is 19.4 Å². The van der Waals surface area contributed by atoms with E-state index in [-0.39, 0.29) is 17.9 Å². The van der Waals surface area contributed by atoms with Crippen molar-refractivity contribution in [1.29, 1.82) is 0 Å². The number of hydrogen-bond donors (Lipinski definition) is 2. The molecule has 3 amide bonds. The molecule has 0 aliphatic carbocycles. The van der Waals surface area contributed by atoms with Crippen molar-refractivity contribution in [2.45, 2.75) is 26.4 Å². The zero-order valence-corrected chi connectivity index (χ0v) is 11.4. The molecule has 2 N–H and O–H groups in total. The zero-order valence-electron chi connectivity index (χ0n) is 11.4. The molecule has 2 rings (SSSR count). The number of carbonyl (C=O) groups is 2. The van der Waals surface area contributed by atoms with Crippen LogP contribution in [0.4, 0.5) is 10.5 Å².